The maximum Gasteiger partial charge on any atom is 0.317 e. The fourth-order valence-electron chi connectivity index (χ4n) is 7.40. The minimum absolute atomic E-state index is 0.0224. The standard InChI is InChI=1S/C36H47ClN10O2/c1-3-46-27-11-7-8-12-28(27)47(29(46)23-40-34(48)30-32(38)43-33(39)31(37)42-30)24-36(16-13-25-9-5-4-6-10-25)17-21-45(22-18-36)35(49)41-26-14-19-44(2)20-15-26/h4-12,26H,3,13-24H2,1-2H3,(H5-,38,39,40,41,43,48,49)/p+1. The summed E-state index contributed by atoms with van der Waals surface area (Å²) < 4.78 is 4.61. The average molecular weight is 688 g/mol. The molecular formula is C36H48ClN10O2+. The van der Waals surface area contributed by atoms with Crippen molar-refractivity contribution in [2.24, 2.45) is 5.41 Å². The van der Waals surface area contributed by atoms with Crippen LogP contribution in [-0.4, -0.2) is 75.5 Å². The highest BCUT2D eigenvalue weighted by Crippen LogP contribution is 2.38. The molecule has 6 rings (SSSR count). The summed E-state index contributed by atoms with van der Waals surface area (Å²) in [4.78, 5) is 39.2. The van der Waals surface area contributed by atoms with Crippen LogP contribution in [0.5, 0.6) is 0 Å². The summed E-state index contributed by atoms with van der Waals surface area (Å²) in [6.45, 7) is 7.22. The molecule has 2 saturated heterocycles. The number of halogens is 1. The molecule has 2 fully saturated rings. The Bertz CT molecular complexity index is 1780. The number of hydrogen-bond donors (Lipinski definition) is 4. The number of anilines is 2. The number of nitrogen functional groups attached to an aromatic ring is 2. The summed E-state index contributed by atoms with van der Waals surface area (Å²) in [5.41, 5.74) is 15.1. The van der Waals surface area contributed by atoms with Crippen molar-refractivity contribution in [3.05, 3.63) is 76.8 Å². The number of rotatable bonds is 10. The number of carbonyl (C=O) groups is 2. The van der Waals surface area contributed by atoms with Crippen LogP contribution in [0.3, 0.4) is 0 Å². The van der Waals surface area contributed by atoms with E-state index in [1.54, 1.807) is 0 Å². The van der Waals surface area contributed by atoms with Crippen molar-refractivity contribution < 1.29 is 14.2 Å². The summed E-state index contributed by atoms with van der Waals surface area (Å²) in [6, 6.07) is 19.3. The number of nitrogens with one attached hydrogen (secondary N) is 2. The molecule has 2 aliphatic rings. The molecule has 0 spiro atoms. The Morgan fingerprint density at radius 2 is 1.67 bits per heavy atom. The van der Waals surface area contributed by atoms with E-state index in [4.69, 9.17) is 23.1 Å². The van der Waals surface area contributed by atoms with Crippen LogP contribution in [0.1, 0.15) is 60.9 Å². The van der Waals surface area contributed by atoms with Crippen LogP contribution < -0.4 is 26.7 Å². The van der Waals surface area contributed by atoms with E-state index in [1.165, 1.54) is 5.56 Å². The number of nitrogens with zero attached hydrogens (tertiary/aromatic N) is 6. The van der Waals surface area contributed by atoms with Crippen molar-refractivity contribution >= 4 is 46.2 Å². The van der Waals surface area contributed by atoms with Gasteiger partial charge in [0.15, 0.2) is 33.5 Å². The second-order valence-electron chi connectivity index (χ2n) is 13.6. The molecular weight excluding hydrogens is 640 g/mol. The van der Waals surface area contributed by atoms with Crippen LogP contribution in [0.25, 0.3) is 11.0 Å². The van der Waals surface area contributed by atoms with Crippen molar-refractivity contribution in [3.8, 4) is 0 Å². The van der Waals surface area contributed by atoms with E-state index >= 15 is 0 Å². The zero-order valence-corrected chi connectivity index (χ0v) is 29.3. The minimum Gasteiger partial charge on any atom is -0.382 e. The zero-order valence-electron chi connectivity index (χ0n) is 28.5. The molecule has 2 aromatic heterocycles. The number of likely N-dealkylation sites (tertiary alicyclic amines) is 2. The number of para-hydroxylation sites is 2. The monoisotopic (exact) mass is 687 g/mol. The second kappa shape index (κ2) is 15.0. The summed E-state index contributed by atoms with van der Waals surface area (Å²) in [6.07, 6.45) is 5.64. The Labute approximate surface area is 292 Å². The largest absolute Gasteiger partial charge is 0.382 e. The maximum atomic E-state index is 13.4. The van der Waals surface area contributed by atoms with Gasteiger partial charge < -0.3 is 31.9 Å². The molecule has 12 nitrogen and oxygen atoms in total. The molecule has 0 bridgehead atoms. The molecule has 260 valence electrons. The number of piperidine rings is 2. The van der Waals surface area contributed by atoms with Gasteiger partial charge in [-0.3, -0.25) is 4.79 Å². The Balaban J connectivity index is 1.27. The van der Waals surface area contributed by atoms with Crippen molar-refractivity contribution in [2.45, 2.75) is 71.1 Å². The van der Waals surface area contributed by atoms with Gasteiger partial charge in [-0.2, -0.15) is 0 Å². The highest BCUT2D eigenvalue weighted by Gasteiger charge is 2.40. The Morgan fingerprint density at radius 1 is 0.980 bits per heavy atom. The predicted octanol–water partition coefficient (Wildman–Crippen LogP) is 4.01. The molecule has 4 aromatic rings. The predicted molar refractivity (Wildman–Crippen MR) is 192 cm³/mol. The SMILES string of the molecule is CCn1c(CNC(=O)c2nc(Cl)c(N)nc2N)[n+](CC2(CCc3ccccc3)CCN(C(=O)NC3CCN(C)CC3)CC2)c2ccccc21. The number of nitrogens with two attached hydrogens (primary N) is 2. The minimum atomic E-state index is -0.478. The summed E-state index contributed by atoms with van der Waals surface area (Å²) in [5, 5.41) is 6.27. The first kappa shape index (κ1) is 34.4. The Kier molecular flexibility index (Phi) is 10.5. The lowest BCUT2D eigenvalue weighted by Crippen LogP contribution is -2.55. The highest BCUT2D eigenvalue weighted by molar-refractivity contribution is 6.31. The molecule has 0 radical (unpaired) electrons. The normalized spacial score (nSPS) is 16.9. The van der Waals surface area contributed by atoms with Crippen LogP contribution in [0.4, 0.5) is 16.4 Å². The number of aromatic nitrogens is 4. The third kappa shape index (κ3) is 7.75. The van der Waals surface area contributed by atoms with Gasteiger partial charge >= 0.3 is 6.03 Å². The van der Waals surface area contributed by atoms with E-state index in [9.17, 15) is 9.59 Å². The number of imidazole rings is 1. The first-order valence-electron chi connectivity index (χ1n) is 17.3. The van der Waals surface area contributed by atoms with Gasteiger partial charge in [-0.1, -0.05) is 54.1 Å². The molecule has 49 heavy (non-hydrogen) atoms. The lowest BCUT2D eigenvalue weighted by Gasteiger charge is -2.42. The van der Waals surface area contributed by atoms with Gasteiger partial charge in [-0.25, -0.2) is 23.9 Å². The molecule has 0 aliphatic carbocycles. The zero-order chi connectivity index (χ0) is 34.5. The smallest absolute Gasteiger partial charge is 0.317 e. The number of carbonyl (C=O) groups excluding carboxylic acids is 2. The van der Waals surface area contributed by atoms with Crippen LogP contribution in [0.2, 0.25) is 5.15 Å². The molecule has 6 N–H and O–H groups in total. The number of urea groups is 1. The van der Waals surface area contributed by atoms with E-state index in [2.05, 4.69) is 91.1 Å². The van der Waals surface area contributed by atoms with Crippen LogP contribution >= 0.6 is 11.6 Å². The lowest BCUT2D eigenvalue weighted by molar-refractivity contribution is -0.694. The first-order chi connectivity index (χ1) is 23.7. The van der Waals surface area contributed by atoms with Gasteiger partial charge in [0, 0.05) is 24.5 Å². The second-order valence-corrected chi connectivity index (χ2v) is 13.9. The lowest BCUT2D eigenvalue weighted by atomic mass is 9.74. The van der Waals surface area contributed by atoms with Crippen molar-refractivity contribution in [3.63, 3.8) is 0 Å². The van der Waals surface area contributed by atoms with Gasteiger partial charge in [-0.05, 0) is 83.3 Å². The maximum absolute atomic E-state index is 13.4. The van der Waals surface area contributed by atoms with Crippen molar-refractivity contribution in [2.75, 3.05) is 44.7 Å². The molecule has 3 amide bonds. The molecule has 2 aromatic carbocycles. The average Bonchev–Trinajstić information content (AvgIpc) is 3.41. The number of aryl methyl sites for hydroxylation is 2. The van der Waals surface area contributed by atoms with Crippen LogP contribution in [-0.2, 0) is 26.1 Å². The number of fused-ring (bicyclic) bond motifs is 1. The summed E-state index contributed by atoms with van der Waals surface area (Å²) in [7, 11) is 2.13. The van der Waals surface area contributed by atoms with Gasteiger partial charge in [0.25, 0.3) is 11.7 Å². The van der Waals surface area contributed by atoms with E-state index in [1.807, 2.05) is 17.0 Å². The third-order valence-electron chi connectivity index (χ3n) is 10.4. The summed E-state index contributed by atoms with van der Waals surface area (Å²) >= 11 is 6.08. The molecule has 4 heterocycles. The molecule has 0 saturated carbocycles. The highest BCUT2D eigenvalue weighted by atomic mass is 35.5. The van der Waals surface area contributed by atoms with Crippen molar-refractivity contribution in [1.29, 1.82) is 0 Å². The Morgan fingerprint density at radius 3 is 2.39 bits per heavy atom. The van der Waals surface area contributed by atoms with E-state index in [0.717, 1.165) is 81.6 Å². The molecule has 0 atom stereocenters. The van der Waals surface area contributed by atoms with Gasteiger partial charge in [0.1, 0.15) is 6.54 Å². The number of benzene rings is 2. The van der Waals surface area contributed by atoms with E-state index in [-0.39, 0.29) is 46.5 Å². The quantitative estimate of drug-likeness (QED) is 0.184. The summed E-state index contributed by atoms with van der Waals surface area (Å²) in [5.74, 6) is 0.390. The fraction of sp³-hybridized carbons (Fsp3) is 0.472. The number of hydrogen-bond acceptors (Lipinski definition) is 7. The molecule has 2 aliphatic heterocycles. The Hall–Kier alpha value is -4.42. The fourth-order valence-corrected chi connectivity index (χ4v) is 7.52. The van der Waals surface area contributed by atoms with Gasteiger partial charge in [0.05, 0.1) is 13.1 Å². The third-order valence-corrected chi connectivity index (χ3v) is 10.6. The number of amides is 3. The van der Waals surface area contributed by atoms with E-state index in [0.29, 0.717) is 13.1 Å². The van der Waals surface area contributed by atoms with Crippen LogP contribution in [0.15, 0.2) is 54.6 Å². The van der Waals surface area contributed by atoms with Gasteiger partial charge in [-0.15, -0.1) is 0 Å². The topological polar surface area (TPSA) is 151 Å². The van der Waals surface area contributed by atoms with E-state index < -0.39 is 5.91 Å². The van der Waals surface area contributed by atoms with Crippen LogP contribution in [0, 0.1) is 5.41 Å². The molecule has 0 unspecified atom stereocenters. The molecule has 13 heteroatoms. The van der Waals surface area contributed by atoms with Crippen molar-refractivity contribution in [1.82, 2.24) is 35.0 Å². The van der Waals surface area contributed by atoms with Gasteiger partial charge in [0.2, 0.25) is 0 Å². The first-order valence-corrected chi connectivity index (χ1v) is 17.7.